The Morgan fingerprint density at radius 2 is 1.92 bits per heavy atom. The van der Waals surface area contributed by atoms with Crippen molar-refractivity contribution in [2.45, 2.75) is 103 Å². The summed E-state index contributed by atoms with van der Waals surface area (Å²) in [6, 6.07) is 0. The van der Waals surface area contributed by atoms with E-state index in [0.717, 1.165) is 44.3 Å². The number of carbonyl (C=O) groups excluding carboxylic acids is 1. The van der Waals surface area contributed by atoms with Gasteiger partial charge < -0.3 is 33.9 Å². The molecule has 2 N–H and O–H groups in total. The lowest BCUT2D eigenvalue weighted by Gasteiger charge is -2.77. The number of rotatable bonds is 5. The van der Waals surface area contributed by atoms with Crippen LogP contribution in [0.3, 0.4) is 0 Å². The summed E-state index contributed by atoms with van der Waals surface area (Å²) in [6.45, 7) is 13.4. The predicted octanol–water partition coefficient (Wildman–Crippen LogP) is 3.60. The third-order valence-corrected chi connectivity index (χ3v) is 11.1. The van der Waals surface area contributed by atoms with Gasteiger partial charge in [-0.3, -0.25) is 4.79 Å². The highest BCUT2D eigenvalue weighted by atomic mass is 16.8. The molecule has 3 saturated carbocycles. The fourth-order valence-corrected chi connectivity index (χ4v) is 10.2. The lowest BCUT2D eigenvalue weighted by atomic mass is 9.36. The van der Waals surface area contributed by atoms with Gasteiger partial charge in [-0.2, -0.15) is 0 Å². The van der Waals surface area contributed by atoms with Gasteiger partial charge in [-0.15, -0.1) is 0 Å². The molecule has 4 bridgehead atoms. The highest BCUT2D eigenvalue weighted by Crippen LogP contribution is 2.80. The number of aliphatic hydroxyl groups is 2. The van der Waals surface area contributed by atoms with E-state index in [-0.39, 0.29) is 35.6 Å². The molecule has 8 rings (SSSR count). The molecular formula is C30H42O8. The first-order valence-electron chi connectivity index (χ1n) is 14.5. The summed E-state index contributed by atoms with van der Waals surface area (Å²) in [5.41, 5.74) is -0.285. The predicted molar refractivity (Wildman–Crippen MR) is 135 cm³/mol. The van der Waals surface area contributed by atoms with E-state index >= 15 is 0 Å². The van der Waals surface area contributed by atoms with Crippen LogP contribution in [0.1, 0.15) is 72.6 Å². The molecule has 4 aliphatic carbocycles. The van der Waals surface area contributed by atoms with Gasteiger partial charge in [0.25, 0.3) is 0 Å². The summed E-state index contributed by atoms with van der Waals surface area (Å²) in [7, 11) is 0. The molecule has 0 aromatic heterocycles. The van der Waals surface area contributed by atoms with Crippen LogP contribution in [0.2, 0.25) is 0 Å². The molecule has 0 aromatic rings. The molecule has 8 nitrogen and oxygen atoms in total. The zero-order chi connectivity index (χ0) is 26.9. The number of aliphatic hydroxyl groups excluding tert-OH is 2. The van der Waals surface area contributed by atoms with Crippen LogP contribution in [0.4, 0.5) is 0 Å². The van der Waals surface area contributed by atoms with Crippen molar-refractivity contribution in [2.24, 2.45) is 34.0 Å². The first kappa shape index (κ1) is 25.7. The van der Waals surface area contributed by atoms with Crippen LogP contribution >= 0.6 is 0 Å². The molecule has 4 aliphatic heterocycles. The number of hydrogen-bond donors (Lipinski definition) is 2. The van der Waals surface area contributed by atoms with Crippen LogP contribution in [0.25, 0.3) is 0 Å². The Kier molecular flexibility index (Phi) is 5.35. The molecule has 0 aromatic carbocycles. The minimum atomic E-state index is -1.49. The molecule has 8 heteroatoms. The Morgan fingerprint density at radius 1 is 1.13 bits per heavy atom. The zero-order valence-corrected chi connectivity index (χ0v) is 23.1. The molecule has 3 spiro atoms. The second kappa shape index (κ2) is 7.92. The van der Waals surface area contributed by atoms with Gasteiger partial charge in [-0.25, -0.2) is 0 Å². The summed E-state index contributed by atoms with van der Waals surface area (Å²) in [6.07, 6.45) is 3.60. The van der Waals surface area contributed by atoms with Crippen LogP contribution in [0.15, 0.2) is 23.5 Å². The molecule has 38 heavy (non-hydrogen) atoms. The fraction of sp³-hybridized carbons (Fsp3) is 0.833. The van der Waals surface area contributed by atoms with Crippen molar-refractivity contribution in [1.82, 2.24) is 0 Å². The van der Waals surface area contributed by atoms with Crippen LogP contribution in [0, 0.1) is 34.0 Å². The van der Waals surface area contributed by atoms with Crippen molar-refractivity contribution in [3.05, 3.63) is 23.5 Å². The molecule has 2 unspecified atom stereocenters. The number of ketones is 1. The van der Waals surface area contributed by atoms with Gasteiger partial charge in [0.15, 0.2) is 17.9 Å². The van der Waals surface area contributed by atoms with Crippen LogP contribution in [-0.2, 0) is 28.5 Å². The normalized spacial score (nSPS) is 49.3. The van der Waals surface area contributed by atoms with E-state index in [2.05, 4.69) is 20.4 Å². The Labute approximate surface area is 224 Å². The molecule has 6 fully saturated rings. The van der Waals surface area contributed by atoms with E-state index in [9.17, 15) is 9.90 Å². The Bertz CT molecular complexity index is 1110. The van der Waals surface area contributed by atoms with Crippen molar-refractivity contribution in [3.8, 4) is 0 Å². The second-order valence-electron chi connectivity index (χ2n) is 13.9. The summed E-state index contributed by atoms with van der Waals surface area (Å²) >= 11 is 0. The molecule has 4 heterocycles. The van der Waals surface area contributed by atoms with Crippen molar-refractivity contribution < 1.29 is 38.7 Å². The molecule has 0 amide bonds. The first-order chi connectivity index (χ1) is 18.0. The first-order valence-corrected chi connectivity index (χ1v) is 14.5. The van der Waals surface area contributed by atoms with E-state index < -0.39 is 40.9 Å². The van der Waals surface area contributed by atoms with Gasteiger partial charge in [0.2, 0.25) is 5.79 Å². The minimum Gasteiger partial charge on any atom is -0.469 e. The van der Waals surface area contributed by atoms with E-state index in [1.54, 1.807) is 0 Å². The maximum absolute atomic E-state index is 14.4. The Balaban J connectivity index is 1.39. The lowest BCUT2D eigenvalue weighted by Crippen LogP contribution is -2.87. The van der Waals surface area contributed by atoms with Crippen LogP contribution in [-0.4, -0.2) is 65.9 Å². The lowest BCUT2D eigenvalue weighted by molar-refractivity contribution is -0.527. The van der Waals surface area contributed by atoms with Gasteiger partial charge in [-0.1, -0.05) is 20.4 Å². The quantitative estimate of drug-likeness (QED) is 0.411. The van der Waals surface area contributed by atoms with E-state index in [1.165, 1.54) is 5.57 Å². The monoisotopic (exact) mass is 530 g/mol. The molecule has 9 atom stereocenters. The highest BCUT2D eigenvalue weighted by molar-refractivity contribution is 6.05. The molecule has 8 aliphatic rings. The second-order valence-corrected chi connectivity index (χ2v) is 13.9. The van der Waals surface area contributed by atoms with Crippen molar-refractivity contribution in [2.75, 3.05) is 19.8 Å². The van der Waals surface area contributed by atoms with E-state index in [1.807, 2.05) is 13.8 Å². The molecule has 3 saturated heterocycles. The SMILES string of the molecule is C=C1C(=O)[C@@]23C4OC(C)(C)OC25OC[C@]2(C6=C(CC[C@@H](OCCCCO)O6)CC(C)(C)[C@H]2[C@@H]5O)[C@@H]3CC[C@@H]14. The fourth-order valence-electron chi connectivity index (χ4n) is 10.2. The number of Topliss-reactive ketones (excluding diaryl/α,β-unsaturated/α-hetero) is 1. The van der Waals surface area contributed by atoms with E-state index in [4.69, 9.17) is 28.8 Å². The number of ether oxygens (including phenoxy) is 5. The average Bonchev–Trinajstić information content (AvgIpc) is 2.97. The van der Waals surface area contributed by atoms with Gasteiger partial charge in [-0.05, 0) is 74.9 Å². The number of fused-ring (bicyclic) bond motifs is 1. The topological polar surface area (TPSA) is 104 Å². The maximum Gasteiger partial charge on any atom is 0.213 e. The highest BCUT2D eigenvalue weighted by Gasteiger charge is 2.90. The molecular weight excluding hydrogens is 488 g/mol. The third-order valence-electron chi connectivity index (χ3n) is 11.1. The minimum absolute atomic E-state index is 0.0692. The van der Waals surface area contributed by atoms with Crippen LogP contribution in [0.5, 0.6) is 0 Å². The zero-order valence-electron chi connectivity index (χ0n) is 23.1. The number of unbranched alkanes of at least 4 members (excludes halogenated alkanes) is 1. The van der Waals surface area contributed by atoms with Crippen molar-refractivity contribution in [3.63, 3.8) is 0 Å². The van der Waals surface area contributed by atoms with Crippen LogP contribution < -0.4 is 0 Å². The van der Waals surface area contributed by atoms with Crippen molar-refractivity contribution >= 4 is 5.78 Å². The van der Waals surface area contributed by atoms with E-state index in [0.29, 0.717) is 25.2 Å². The van der Waals surface area contributed by atoms with Gasteiger partial charge >= 0.3 is 0 Å². The Hall–Kier alpha value is -1.29. The summed E-state index contributed by atoms with van der Waals surface area (Å²) in [5.74, 6) is -2.20. The largest absolute Gasteiger partial charge is 0.469 e. The summed E-state index contributed by atoms with van der Waals surface area (Å²) in [4.78, 5) is 14.4. The standard InChI is InChI=1S/C30H42O8/c1-16-18-9-10-19-28-15-35-30(29(19,22(16)32)25(18)37-27(4,5)38-30)23(33)21(28)26(2,3)14-17-8-11-20(36-24(17)28)34-13-7-6-12-31/h18-21,23,25,31,33H,1,6-15H2,2-5H3/t18-,19-,20-,21+,23-,25?,28-,29-,30?/m0/s1. The average molecular weight is 531 g/mol. The van der Waals surface area contributed by atoms with Gasteiger partial charge in [0.1, 0.15) is 17.3 Å². The van der Waals surface area contributed by atoms with Gasteiger partial charge in [0.05, 0.1) is 24.7 Å². The maximum atomic E-state index is 14.4. The smallest absolute Gasteiger partial charge is 0.213 e. The molecule has 210 valence electrons. The Morgan fingerprint density at radius 3 is 2.68 bits per heavy atom. The third kappa shape index (κ3) is 2.80. The number of hydrogen-bond acceptors (Lipinski definition) is 8. The van der Waals surface area contributed by atoms with Crippen molar-refractivity contribution in [1.29, 1.82) is 0 Å². The van der Waals surface area contributed by atoms with Gasteiger partial charge in [0, 0.05) is 24.9 Å². The summed E-state index contributed by atoms with van der Waals surface area (Å²) < 4.78 is 32.9. The number of carbonyl (C=O) groups is 1. The number of allylic oxidation sites excluding steroid dienone is 1. The summed E-state index contributed by atoms with van der Waals surface area (Å²) in [5, 5.41) is 21.6. The molecule has 0 radical (unpaired) electrons.